The predicted molar refractivity (Wildman–Crippen MR) is 94.9 cm³/mol. The van der Waals surface area contributed by atoms with Crippen molar-refractivity contribution in [2.24, 2.45) is 0 Å². The molecule has 5 nitrogen and oxygen atoms in total. The second-order valence-electron chi connectivity index (χ2n) is 4.98. The Labute approximate surface area is 145 Å². The van der Waals surface area contributed by atoms with Gasteiger partial charge in [0, 0.05) is 17.6 Å². The number of ether oxygens (including phenoxy) is 1. The highest BCUT2D eigenvalue weighted by atomic mass is 35.5. The van der Waals surface area contributed by atoms with Gasteiger partial charge in [0.15, 0.2) is 0 Å². The summed E-state index contributed by atoms with van der Waals surface area (Å²) in [4.78, 5) is 23.8. The number of rotatable bonds is 5. The summed E-state index contributed by atoms with van der Waals surface area (Å²) in [7, 11) is 1.58. The molecule has 0 spiro atoms. The Morgan fingerprint density at radius 1 is 1.12 bits per heavy atom. The molecule has 0 unspecified atom stereocenters. The number of halogens is 1. The molecule has 2 amide bonds. The van der Waals surface area contributed by atoms with E-state index in [1.165, 1.54) is 6.92 Å². The minimum atomic E-state index is -0.441. The van der Waals surface area contributed by atoms with Gasteiger partial charge in [-0.3, -0.25) is 9.59 Å². The number of carbonyl (C=O) groups is 2. The molecule has 0 aliphatic rings. The molecule has 0 radical (unpaired) electrons. The fraction of sp³-hybridized carbons (Fsp3) is 0.111. The third-order valence-corrected chi connectivity index (χ3v) is 3.30. The van der Waals surface area contributed by atoms with E-state index in [0.717, 1.165) is 5.56 Å². The van der Waals surface area contributed by atoms with Crippen molar-refractivity contribution in [1.82, 2.24) is 5.32 Å². The van der Waals surface area contributed by atoms with Crippen LogP contribution in [0.4, 0.5) is 5.69 Å². The van der Waals surface area contributed by atoms with E-state index in [0.29, 0.717) is 16.5 Å². The van der Waals surface area contributed by atoms with Gasteiger partial charge in [0.1, 0.15) is 11.4 Å². The lowest BCUT2D eigenvalue weighted by Gasteiger charge is -2.10. The Bertz CT molecular complexity index is 770. The van der Waals surface area contributed by atoms with Crippen molar-refractivity contribution in [2.45, 2.75) is 6.92 Å². The molecule has 2 aromatic rings. The number of carbonyl (C=O) groups excluding carboxylic acids is 2. The zero-order valence-electron chi connectivity index (χ0n) is 13.3. The topological polar surface area (TPSA) is 67.4 Å². The molecule has 0 bridgehead atoms. The van der Waals surface area contributed by atoms with Gasteiger partial charge in [0.25, 0.3) is 5.91 Å². The maximum atomic E-state index is 12.4. The van der Waals surface area contributed by atoms with E-state index < -0.39 is 5.91 Å². The highest BCUT2D eigenvalue weighted by molar-refractivity contribution is 6.31. The Kier molecular flexibility index (Phi) is 5.98. The van der Waals surface area contributed by atoms with Crippen molar-refractivity contribution >= 4 is 35.2 Å². The standard InChI is InChI=1S/C18H17ClN2O3/c1-12(22)20-17(10-13-6-8-16(24-2)9-7-13)18(23)21-15-5-3-4-14(19)11-15/h3-11H,1-2H3,(H,20,22)(H,21,23)/b17-10+. The molecule has 0 fully saturated rings. The summed E-state index contributed by atoms with van der Waals surface area (Å²) in [6.07, 6.45) is 1.58. The lowest BCUT2D eigenvalue weighted by atomic mass is 10.1. The van der Waals surface area contributed by atoms with Gasteiger partial charge in [-0.25, -0.2) is 0 Å². The first-order valence-electron chi connectivity index (χ1n) is 7.18. The molecule has 0 saturated carbocycles. The van der Waals surface area contributed by atoms with E-state index in [2.05, 4.69) is 10.6 Å². The number of methoxy groups -OCH3 is 1. The molecular formula is C18H17ClN2O3. The molecule has 0 aliphatic carbocycles. The molecule has 124 valence electrons. The summed E-state index contributed by atoms with van der Waals surface area (Å²) in [6.45, 7) is 1.34. The third-order valence-electron chi connectivity index (χ3n) is 3.06. The highest BCUT2D eigenvalue weighted by Gasteiger charge is 2.12. The van der Waals surface area contributed by atoms with Crippen LogP contribution in [0.25, 0.3) is 6.08 Å². The van der Waals surface area contributed by atoms with E-state index in [1.807, 2.05) is 0 Å². The monoisotopic (exact) mass is 344 g/mol. The first-order valence-corrected chi connectivity index (χ1v) is 7.56. The van der Waals surface area contributed by atoms with Crippen molar-refractivity contribution in [2.75, 3.05) is 12.4 Å². The third kappa shape index (κ3) is 5.14. The number of amides is 2. The molecule has 2 rings (SSSR count). The first kappa shape index (κ1) is 17.6. The van der Waals surface area contributed by atoms with E-state index in [4.69, 9.17) is 16.3 Å². The normalized spacial score (nSPS) is 10.9. The second kappa shape index (κ2) is 8.17. The Hall–Kier alpha value is -2.79. The summed E-state index contributed by atoms with van der Waals surface area (Å²) in [5.74, 6) is -0.0732. The predicted octanol–water partition coefficient (Wildman–Crippen LogP) is 3.46. The number of nitrogens with one attached hydrogen (secondary N) is 2. The fourth-order valence-corrected chi connectivity index (χ4v) is 2.17. The van der Waals surface area contributed by atoms with Crippen LogP contribution >= 0.6 is 11.6 Å². The maximum Gasteiger partial charge on any atom is 0.272 e. The largest absolute Gasteiger partial charge is 0.497 e. The van der Waals surface area contributed by atoms with Crippen molar-refractivity contribution in [3.8, 4) is 5.75 Å². The van der Waals surface area contributed by atoms with Gasteiger partial charge in [-0.2, -0.15) is 0 Å². The quantitative estimate of drug-likeness (QED) is 0.816. The van der Waals surface area contributed by atoms with Crippen molar-refractivity contribution in [3.05, 3.63) is 64.8 Å². The Morgan fingerprint density at radius 3 is 2.42 bits per heavy atom. The van der Waals surface area contributed by atoms with Gasteiger partial charge >= 0.3 is 0 Å². The van der Waals surface area contributed by atoms with Crippen LogP contribution in [0, 0.1) is 0 Å². The van der Waals surface area contributed by atoms with Gasteiger partial charge in [-0.1, -0.05) is 29.8 Å². The molecule has 0 saturated heterocycles. The van der Waals surface area contributed by atoms with E-state index in [9.17, 15) is 9.59 Å². The molecular weight excluding hydrogens is 328 g/mol. The van der Waals surface area contributed by atoms with Crippen LogP contribution in [0.3, 0.4) is 0 Å². The van der Waals surface area contributed by atoms with Crippen molar-refractivity contribution in [1.29, 1.82) is 0 Å². The summed E-state index contributed by atoms with van der Waals surface area (Å²) >= 11 is 5.90. The highest BCUT2D eigenvalue weighted by Crippen LogP contribution is 2.17. The average Bonchev–Trinajstić information content (AvgIpc) is 2.54. The Balaban J connectivity index is 2.24. The first-order chi connectivity index (χ1) is 11.5. The lowest BCUT2D eigenvalue weighted by molar-refractivity contribution is -0.120. The molecule has 0 aliphatic heterocycles. The average molecular weight is 345 g/mol. The van der Waals surface area contributed by atoms with Crippen molar-refractivity contribution in [3.63, 3.8) is 0 Å². The van der Waals surface area contributed by atoms with Crippen LogP contribution < -0.4 is 15.4 Å². The maximum absolute atomic E-state index is 12.4. The minimum absolute atomic E-state index is 0.132. The van der Waals surface area contributed by atoms with Crippen LogP contribution in [0.15, 0.2) is 54.2 Å². The summed E-state index contributed by atoms with van der Waals surface area (Å²) in [6, 6.07) is 13.9. The number of benzene rings is 2. The Morgan fingerprint density at radius 2 is 1.83 bits per heavy atom. The zero-order chi connectivity index (χ0) is 17.5. The van der Waals surface area contributed by atoms with Gasteiger partial charge in [0.05, 0.1) is 7.11 Å². The van der Waals surface area contributed by atoms with Gasteiger partial charge in [-0.15, -0.1) is 0 Å². The van der Waals surface area contributed by atoms with Crippen LogP contribution in [-0.4, -0.2) is 18.9 Å². The lowest BCUT2D eigenvalue weighted by Crippen LogP contribution is -2.28. The second-order valence-corrected chi connectivity index (χ2v) is 5.41. The minimum Gasteiger partial charge on any atom is -0.497 e. The van der Waals surface area contributed by atoms with Crippen molar-refractivity contribution < 1.29 is 14.3 Å². The van der Waals surface area contributed by atoms with Gasteiger partial charge in [0.2, 0.25) is 5.91 Å². The number of hydrogen-bond donors (Lipinski definition) is 2. The molecule has 2 N–H and O–H groups in total. The van der Waals surface area contributed by atoms with Gasteiger partial charge in [-0.05, 0) is 42.0 Å². The fourth-order valence-electron chi connectivity index (χ4n) is 1.98. The molecule has 0 aromatic heterocycles. The van der Waals surface area contributed by atoms with E-state index in [-0.39, 0.29) is 11.6 Å². The van der Waals surface area contributed by atoms with Crippen LogP contribution in [0.5, 0.6) is 5.75 Å². The summed E-state index contributed by atoms with van der Waals surface area (Å²) < 4.78 is 5.09. The SMILES string of the molecule is COc1ccc(/C=C(/NC(C)=O)C(=O)Nc2cccc(Cl)c2)cc1. The zero-order valence-corrected chi connectivity index (χ0v) is 14.1. The number of anilines is 1. The summed E-state index contributed by atoms with van der Waals surface area (Å²) in [5, 5.41) is 5.74. The van der Waals surface area contributed by atoms with Crippen LogP contribution in [0.1, 0.15) is 12.5 Å². The van der Waals surface area contributed by atoms with E-state index in [1.54, 1.807) is 61.7 Å². The molecule has 0 atom stereocenters. The summed E-state index contributed by atoms with van der Waals surface area (Å²) in [5.41, 5.74) is 1.42. The molecule has 24 heavy (non-hydrogen) atoms. The number of hydrogen-bond acceptors (Lipinski definition) is 3. The van der Waals surface area contributed by atoms with Gasteiger partial charge < -0.3 is 15.4 Å². The molecule has 6 heteroatoms. The smallest absolute Gasteiger partial charge is 0.272 e. The van der Waals surface area contributed by atoms with Crippen LogP contribution in [0.2, 0.25) is 5.02 Å². The van der Waals surface area contributed by atoms with Crippen LogP contribution in [-0.2, 0) is 9.59 Å². The molecule has 2 aromatic carbocycles. The van der Waals surface area contributed by atoms with E-state index >= 15 is 0 Å². The molecule has 0 heterocycles.